The Morgan fingerprint density at radius 1 is 1.45 bits per heavy atom. The maximum atomic E-state index is 13.5. The molecule has 3 N–H and O–H groups in total. The second-order valence-corrected chi connectivity index (χ2v) is 5.37. The molecule has 0 spiro atoms. The molecule has 0 aromatic heterocycles. The minimum atomic E-state index is -1.20. The number of nitrogens with one attached hydrogen (secondary N) is 1. The summed E-state index contributed by atoms with van der Waals surface area (Å²) in [6, 6.07) is 2.15. The van der Waals surface area contributed by atoms with Gasteiger partial charge in [0.05, 0.1) is 11.8 Å². The Labute approximate surface area is 122 Å². The van der Waals surface area contributed by atoms with Crippen LogP contribution < -0.4 is 5.32 Å². The summed E-state index contributed by atoms with van der Waals surface area (Å²) in [6.45, 7) is -0.0988. The average molecular weight is 347 g/mol. The van der Waals surface area contributed by atoms with E-state index in [2.05, 4.69) is 21.2 Å². The number of aliphatic carboxylic acids is 1. The molecular weight excluding hydrogens is 335 g/mol. The Morgan fingerprint density at radius 3 is 2.80 bits per heavy atom. The number of benzene rings is 1. The van der Waals surface area contributed by atoms with Crippen molar-refractivity contribution in [2.45, 2.75) is 18.6 Å². The molecule has 2 rings (SSSR count). The lowest BCUT2D eigenvalue weighted by Gasteiger charge is -2.21. The number of β-amino-alcohol motifs (C(OH)–C–C–N with tert-alkyl or cyclic N) is 1. The predicted molar refractivity (Wildman–Crippen MR) is 71.9 cm³/mol. The first-order valence-corrected chi connectivity index (χ1v) is 6.61. The molecule has 1 fully saturated rings. The third-order valence-corrected chi connectivity index (χ3v) is 3.49. The number of urea groups is 1. The zero-order chi connectivity index (χ0) is 14.9. The van der Waals surface area contributed by atoms with Gasteiger partial charge in [-0.3, -0.25) is 0 Å². The van der Waals surface area contributed by atoms with Crippen molar-refractivity contribution in [1.82, 2.24) is 4.90 Å². The summed E-state index contributed by atoms with van der Waals surface area (Å²) in [7, 11) is 0. The van der Waals surface area contributed by atoms with Crippen molar-refractivity contribution in [3.05, 3.63) is 28.5 Å². The minimum absolute atomic E-state index is 0.0380. The van der Waals surface area contributed by atoms with Crippen molar-refractivity contribution in [3.63, 3.8) is 0 Å². The second-order valence-electron chi connectivity index (χ2n) is 4.45. The number of aliphatic hydroxyl groups excluding tert-OH is 1. The zero-order valence-corrected chi connectivity index (χ0v) is 11.8. The SMILES string of the molecule is O=C(O)[C@@H]1CC(O)CN1C(=O)Nc1cc(Br)ccc1F. The van der Waals surface area contributed by atoms with Gasteiger partial charge in [0, 0.05) is 17.4 Å². The minimum Gasteiger partial charge on any atom is -0.480 e. The van der Waals surface area contributed by atoms with Gasteiger partial charge in [0.2, 0.25) is 0 Å². The molecule has 0 radical (unpaired) electrons. The second kappa shape index (κ2) is 5.76. The normalized spacial score (nSPS) is 21.9. The van der Waals surface area contributed by atoms with Crippen molar-refractivity contribution in [3.8, 4) is 0 Å². The fraction of sp³-hybridized carbons (Fsp3) is 0.333. The summed E-state index contributed by atoms with van der Waals surface area (Å²) >= 11 is 3.15. The number of carbonyl (C=O) groups excluding carboxylic acids is 1. The van der Waals surface area contributed by atoms with E-state index < -0.39 is 30.0 Å². The number of anilines is 1. The van der Waals surface area contributed by atoms with Crippen LogP contribution in [-0.2, 0) is 4.79 Å². The molecule has 0 bridgehead atoms. The Balaban J connectivity index is 2.15. The molecule has 6 nitrogen and oxygen atoms in total. The maximum Gasteiger partial charge on any atom is 0.326 e. The zero-order valence-electron chi connectivity index (χ0n) is 10.2. The summed E-state index contributed by atoms with van der Waals surface area (Å²) in [4.78, 5) is 24.0. The van der Waals surface area contributed by atoms with Gasteiger partial charge in [-0.25, -0.2) is 14.0 Å². The van der Waals surface area contributed by atoms with E-state index in [0.29, 0.717) is 4.47 Å². The number of likely N-dealkylation sites (tertiary alicyclic amines) is 1. The number of carboxylic acids is 1. The van der Waals surface area contributed by atoms with Crippen LogP contribution in [0.5, 0.6) is 0 Å². The van der Waals surface area contributed by atoms with Gasteiger partial charge in [0.1, 0.15) is 11.9 Å². The molecule has 1 aliphatic rings. The van der Waals surface area contributed by atoms with Crippen LogP contribution in [0.2, 0.25) is 0 Å². The first-order chi connectivity index (χ1) is 9.38. The number of hydrogen-bond donors (Lipinski definition) is 3. The van der Waals surface area contributed by atoms with Crippen LogP contribution in [0.1, 0.15) is 6.42 Å². The number of amides is 2. The van der Waals surface area contributed by atoms with Gasteiger partial charge in [0.15, 0.2) is 0 Å². The first kappa shape index (κ1) is 14.7. The van der Waals surface area contributed by atoms with Crippen LogP contribution in [0.4, 0.5) is 14.9 Å². The van der Waals surface area contributed by atoms with Crippen molar-refractivity contribution in [2.75, 3.05) is 11.9 Å². The lowest BCUT2D eigenvalue weighted by Crippen LogP contribution is -2.43. The Kier molecular flexibility index (Phi) is 4.24. The molecule has 8 heteroatoms. The van der Waals surface area contributed by atoms with E-state index in [0.717, 1.165) is 4.90 Å². The molecule has 2 amide bonds. The summed E-state index contributed by atoms with van der Waals surface area (Å²) < 4.78 is 14.1. The van der Waals surface area contributed by atoms with Crippen LogP contribution in [-0.4, -0.2) is 45.8 Å². The van der Waals surface area contributed by atoms with E-state index in [1.165, 1.54) is 18.2 Å². The van der Waals surface area contributed by atoms with Crippen LogP contribution in [0.25, 0.3) is 0 Å². The van der Waals surface area contributed by atoms with E-state index in [9.17, 15) is 19.1 Å². The monoisotopic (exact) mass is 346 g/mol. The largest absolute Gasteiger partial charge is 0.480 e. The highest BCUT2D eigenvalue weighted by atomic mass is 79.9. The Bertz CT molecular complexity index is 554. The summed E-state index contributed by atoms with van der Waals surface area (Å²) in [5.74, 6) is -1.83. The van der Waals surface area contributed by atoms with E-state index in [1.54, 1.807) is 0 Å². The topological polar surface area (TPSA) is 89.9 Å². The molecule has 20 heavy (non-hydrogen) atoms. The van der Waals surface area contributed by atoms with E-state index >= 15 is 0 Å². The van der Waals surface area contributed by atoms with Crippen molar-refractivity contribution >= 4 is 33.6 Å². The Morgan fingerprint density at radius 2 is 2.15 bits per heavy atom. The highest BCUT2D eigenvalue weighted by Gasteiger charge is 2.39. The van der Waals surface area contributed by atoms with Gasteiger partial charge in [-0.05, 0) is 18.2 Å². The van der Waals surface area contributed by atoms with Gasteiger partial charge in [-0.2, -0.15) is 0 Å². The number of hydrogen-bond acceptors (Lipinski definition) is 3. The van der Waals surface area contributed by atoms with Gasteiger partial charge in [-0.1, -0.05) is 15.9 Å². The number of carbonyl (C=O) groups is 2. The third-order valence-electron chi connectivity index (χ3n) is 2.99. The molecule has 0 aliphatic carbocycles. The number of aliphatic hydroxyl groups is 1. The smallest absolute Gasteiger partial charge is 0.326 e. The van der Waals surface area contributed by atoms with Gasteiger partial charge >= 0.3 is 12.0 Å². The molecule has 1 heterocycles. The predicted octanol–water partition coefficient (Wildman–Crippen LogP) is 1.64. The molecule has 1 unspecified atom stereocenters. The molecule has 2 atom stereocenters. The molecule has 1 saturated heterocycles. The fourth-order valence-electron chi connectivity index (χ4n) is 2.05. The number of rotatable bonds is 2. The molecular formula is C12H12BrFN2O4. The number of halogens is 2. The molecule has 1 aliphatic heterocycles. The van der Waals surface area contributed by atoms with E-state index in [4.69, 9.17) is 5.11 Å². The lowest BCUT2D eigenvalue weighted by atomic mass is 10.2. The fourth-order valence-corrected chi connectivity index (χ4v) is 2.41. The van der Waals surface area contributed by atoms with Gasteiger partial charge < -0.3 is 20.4 Å². The summed E-state index contributed by atoms with van der Waals surface area (Å²) in [5.41, 5.74) is -0.0603. The maximum absolute atomic E-state index is 13.5. The first-order valence-electron chi connectivity index (χ1n) is 5.82. The van der Waals surface area contributed by atoms with Crippen molar-refractivity contribution in [1.29, 1.82) is 0 Å². The molecule has 1 aromatic rings. The van der Waals surface area contributed by atoms with E-state index in [-0.39, 0.29) is 18.7 Å². The van der Waals surface area contributed by atoms with Crippen molar-refractivity contribution in [2.24, 2.45) is 0 Å². The summed E-state index contributed by atoms with van der Waals surface area (Å²) in [6.07, 6.45) is -0.932. The van der Waals surface area contributed by atoms with Crippen molar-refractivity contribution < 1.29 is 24.2 Å². The third kappa shape index (κ3) is 3.07. The van der Waals surface area contributed by atoms with Crippen LogP contribution in [0.15, 0.2) is 22.7 Å². The number of carboxylic acid groups (broad SMARTS) is 1. The molecule has 108 valence electrons. The van der Waals surface area contributed by atoms with Gasteiger partial charge in [-0.15, -0.1) is 0 Å². The number of nitrogens with zero attached hydrogens (tertiary/aromatic N) is 1. The Hall–Kier alpha value is -1.67. The highest BCUT2D eigenvalue weighted by molar-refractivity contribution is 9.10. The molecule has 1 aromatic carbocycles. The average Bonchev–Trinajstić information content (AvgIpc) is 2.76. The van der Waals surface area contributed by atoms with Crippen LogP contribution in [0, 0.1) is 5.82 Å². The van der Waals surface area contributed by atoms with Crippen LogP contribution in [0.3, 0.4) is 0 Å². The van der Waals surface area contributed by atoms with Gasteiger partial charge in [0.25, 0.3) is 0 Å². The lowest BCUT2D eigenvalue weighted by molar-refractivity contribution is -0.141. The standard InChI is InChI=1S/C12H12BrFN2O4/c13-6-1-2-8(14)9(3-6)15-12(20)16-5-7(17)4-10(16)11(18)19/h1-3,7,10,17H,4-5H2,(H,15,20)(H,18,19)/t7?,10-/m0/s1. The van der Waals surface area contributed by atoms with Crippen LogP contribution >= 0.6 is 15.9 Å². The quantitative estimate of drug-likeness (QED) is 0.759. The molecule has 0 saturated carbocycles. The summed E-state index contributed by atoms with van der Waals surface area (Å²) in [5, 5.41) is 20.8. The highest BCUT2D eigenvalue weighted by Crippen LogP contribution is 2.23. The van der Waals surface area contributed by atoms with E-state index in [1.807, 2.05) is 0 Å².